The summed E-state index contributed by atoms with van der Waals surface area (Å²) in [6.07, 6.45) is -3.83. The number of aliphatic carboxylic acids is 1. The minimum Gasteiger partial charge on any atom is -0.479 e. The van der Waals surface area contributed by atoms with E-state index in [1.54, 1.807) is 0 Å². The maximum Gasteiger partial charge on any atom is 0.335 e. The molecule has 1 aliphatic rings. The van der Waals surface area contributed by atoms with Gasteiger partial charge in [-0.2, -0.15) is 0 Å². The van der Waals surface area contributed by atoms with Gasteiger partial charge in [0.2, 0.25) is 0 Å². The summed E-state index contributed by atoms with van der Waals surface area (Å²) in [4.78, 5) is 15.6. The molecule has 216 valence electrons. The largest absolute Gasteiger partial charge is 0.479 e. The normalized spacial score (nSPS) is 25.1. The molecule has 1 fully saturated rings. The number of carbonyl (C=O) groups is 1. The van der Waals surface area contributed by atoms with Crippen LogP contribution in [0.5, 0.6) is 0 Å². The monoisotopic (exact) mass is 575 g/mol. The first kappa shape index (κ1) is 34.3. The predicted octanol–water partition coefficient (Wildman–Crippen LogP) is 7.32. The summed E-state index contributed by atoms with van der Waals surface area (Å²) in [7, 11) is -6.61. The zero-order valence-electron chi connectivity index (χ0n) is 24.8. The van der Waals surface area contributed by atoms with Crippen LogP contribution in [0.25, 0.3) is 10.4 Å². The number of rotatable bonds is 18. The molecular formula is C25H53N3O6Si3. The lowest BCUT2D eigenvalue weighted by Gasteiger charge is -2.52. The summed E-state index contributed by atoms with van der Waals surface area (Å²) in [5.74, 6) is -1.07. The minimum absolute atomic E-state index is 0.00398. The van der Waals surface area contributed by atoms with E-state index in [9.17, 15) is 9.90 Å². The van der Waals surface area contributed by atoms with Crippen molar-refractivity contribution >= 4 is 30.9 Å². The van der Waals surface area contributed by atoms with Crippen LogP contribution >= 0.6 is 0 Å². The van der Waals surface area contributed by atoms with Crippen molar-refractivity contribution in [3.8, 4) is 0 Å². The van der Waals surface area contributed by atoms with Crippen LogP contribution in [0.1, 0.15) is 62.3 Å². The molecule has 1 rings (SSSR count). The zero-order valence-corrected chi connectivity index (χ0v) is 27.8. The van der Waals surface area contributed by atoms with Gasteiger partial charge in [-0.25, -0.2) is 4.79 Å². The maximum absolute atomic E-state index is 12.6. The number of hydrogen-bond donors (Lipinski definition) is 1. The fourth-order valence-electron chi connectivity index (χ4n) is 5.65. The number of azide groups is 1. The van der Waals surface area contributed by atoms with E-state index in [2.05, 4.69) is 72.3 Å². The Morgan fingerprint density at radius 2 is 1.08 bits per heavy atom. The summed E-state index contributed by atoms with van der Waals surface area (Å²) in [5, 5.41) is 14.2. The molecule has 1 saturated heterocycles. The lowest BCUT2D eigenvalue weighted by molar-refractivity contribution is -0.215. The third-order valence-electron chi connectivity index (χ3n) is 9.16. The van der Waals surface area contributed by atoms with Crippen LogP contribution in [0, 0.1) is 0 Å². The van der Waals surface area contributed by atoms with Gasteiger partial charge in [-0.15, -0.1) is 0 Å². The van der Waals surface area contributed by atoms with Crippen molar-refractivity contribution in [3.63, 3.8) is 0 Å². The van der Waals surface area contributed by atoms with Crippen molar-refractivity contribution in [1.82, 2.24) is 0 Å². The molecule has 0 bridgehead atoms. The Labute approximate surface area is 228 Å². The predicted molar refractivity (Wildman–Crippen MR) is 157 cm³/mol. The third-order valence-corrected chi connectivity index (χ3v) is 23.1. The summed E-state index contributed by atoms with van der Waals surface area (Å²) in [6.45, 7) is 19.4. The van der Waals surface area contributed by atoms with Crippen LogP contribution in [0.15, 0.2) is 5.11 Å². The Morgan fingerprint density at radius 1 is 0.730 bits per heavy atom. The lowest BCUT2D eigenvalue weighted by atomic mass is 9.95. The van der Waals surface area contributed by atoms with Gasteiger partial charge in [-0.3, -0.25) is 0 Å². The SMILES string of the molecule is CC[Si](CC)(CC)O[C@H]1[C@@H](O[Si](CC)(CC)CC)[C@@H](CN=[N+]=[N-])O[C@@H](C(=O)O)[C@@H]1O[Si](CC)(CC)CC. The van der Waals surface area contributed by atoms with Gasteiger partial charge < -0.3 is 23.1 Å². The number of hydrogen-bond acceptors (Lipinski definition) is 6. The van der Waals surface area contributed by atoms with Crippen LogP contribution in [-0.4, -0.2) is 73.1 Å². The molecule has 1 aliphatic heterocycles. The maximum atomic E-state index is 12.6. The van der Waals surface area contributed by atoms with Crippen LogP contribution < -0.4 is 0 Å². The molecule has 0 radical (unpaired) electrons. The van der Waals surface area contributed by atoms with E-state index < -0.39 is 61.4 Å². The van der Waals surface area contributed by atoms with E-state index in [1.807, 2.05) is 0 Å². The fourth-order valence-corrected chi connectivity index (χ4v) is 14.2. The molecule has 0 aliphatic carbocycles. The lowest BCUT2D eigenvalue weighted by Crippen LogP contribution is -2.68. The van der Waals surface area contributed by atoms with E-state index in [4.69, 9.17) is 23.5 Å². The average molecular weight is 576 g/mol. The van der Waals surface area contributed by atoms with Crippen molar-refractivity contribution in [1.29, 1.82) is 0 Å². The molecule has 12 heteroatoms. The molecule has 9 nitrogen and oxygen atoms in total. The van der Waals surface area contributed by atoms with Gasteiger partial charge >= 0.3 is 5.97 Å². The highest BCUT2D eigenvalue weighted by atomic mass is 28.4. The summed E-state index contributed by atoms with van der Waals surface area (Å²) in [6, 6.07) is 8.22. The first-order valence-corrected chi connectivity index (χ1v) is 22.1. The second-order valence-electron chi connectivity index (χ2n) is 10.3. The van der Waals surface area contributed by atoms with E-state index in [1.165, 1.54) is 0 Å². The topological polar surface area (TPSA) is 123 Å². The molecule has 0 unspecified atom stereocenters. The number of carboxylic acid groups (broad SMARTS) is 1. The second kappa shape index (κ2) is 15.8. The van der Waals surface area contributed by atoms with Gasteiger partial charge in [0.15, 0.2) is 31.1 Å². The zero-order chi connectivity index (χ0) is 28.3. The van der Waals surface area contributed by atoms with E-state index >= 15 is 0 Å². The van der Waals surface area contributed by atoms with E-state index in [-0.39, 0.29) is 6.54 Å². The fraction of sp³-hybridized carbons (Fsp3) is 0.960. The second-order valence-corrected chi connectivity index (χ2v) is 24.5. The Morgan fingerprint density at radius 3 is 1.41 bits per heavy atom. The highest BCUT2D eigenvalue weighted by molar-refractivity contribution is 6.74. The summed E-state index contributed by atoms with van der Waals surface area (Å²) < 4.78 is 27.4. The Balaban J connectivity index is 3.84. The van der Waals surface area contributed by atoms with E-state index in [0.29, 0.717) is 0 Å². The molecule has 0 saturated carbocycles. The molecular weight excluding hydrogens is 523 g/mol. The van der Waals surface area contributed by atoms with Crippen LogP contribution in [0.4, 0.5) is 0 Å². The number of nitrogens with zero attached hydrogens (tertiary/aromatic N) is 3. The van der Waals surface area contributed by atoms with Gasteiger partial charge in [-0.05, 0) is 59.9 Å². The van der Waals surface area contributed by atoms with Gasteiger partial charge in [-0.1, -0.05) is 67.4 Å². The van der Waals surface area contributed by atoms with Crippen LogP contribution in [0.3, 0.4) is 0 Å². The first-order chi connectivity index (χ1) is 17.6. The Hall–Kier alpha value is -0.729. The molecule has 0 aromatic heterocycles. The smallest absolute Gasteiger partial charge is 0.335 e. The average Bonchev–Trinajstić information content (AvgIpc) is 2.93. The Bertz CT molecular complexity index is 718. The number of ether oxygens (including phenoxy) is 1. The van der Waals surface area contributed by atoms with Crippen molar-refractivity contribution < 1.29 is 27.9 Å². The third kappa shape index (κ3) is 8.14. The van der Waals surface area contributed by atoms with Gasteiger partial charge in [0, 0.05) is 4.91 Å². The van der Waals surface area contributed by atoms with Crippen LogP contribution in [-0.2, 0) is 22.8 Å². The van der Waals surface area contributed by atoms with Crippen molar-refractivity contribution in [2.24, 2.45) is 5.11 Å². The quantitative estimate of drug-likeness (QED) is 0.0790. The summed E-state index contributed by atoms with van der Waals surface area (Å²) in [5.41, 5.74) is 9.11. The highest BCUT2D eigenvalue weighted by Crippen LogP contribution is 2.39. The standard InChI is InChI=1S/C25H53N3O6Si3/c1-10-35(11-2,12-3)32-21-20(19-27-28-26)31-24(25(29)30)23(34-37(16-7,17-8)18-9)22(21)33-36(13-4,14-5)15-6/h20-24H,10-19H2,1-9H3,(H,29,30)/t20-,21+,22+,23-,24-/m1/s1. The van der Waals surface area contributed by atoms with Crippen molar-refractivity contribution in [2.75, 3.05) is 6.54 Å². The van der Waals surface area contributed by atoms with Gasteiger partial charge in [0.1, 0.15) is 12.2 Å². The molecule has 37 heavy (non-hydrogen) atoms. The first-order valence-electron chi connectivity index (χ1n) is 14.5. The molecule has 1 N–H and O–H groups in total. The van der Waals surface area contributed by atoms with Crippen molar-refractivity contribution in [3.05, 3.63) is 10.4 Å². The molecule has 0 amide bonds. The van der Waals surface area contributed by atoms with Crippen LogP contribution in [0.2, 0.25) is 54.4 Å². The number of carboxylic acids is 1. The molecule has 0 aromatic carbocycles. The Kier molecular flexibility index (Phi) is 14.6. The van der Waals surface area contributed by atoms with Gasteiger partial charge in [0.05, 0.1) is 18.8 Å². The van der Waals surface area contributed by atoms with Gasteiger partial charge in [0.25, 0.3) is 0 Å². The molecule has 1 heterocycles. The molecule has 0 aromatic rings. The highest BCUT2D eigenvalue weighted by Gasteiger charge is 2.55. The van der Waals surface area contributed by atoms with E-state index in [0.717, 1.165) is 54.4 Å². The molecule has 5 atom stereocenters. The summed E-state index contributed by atoms with van der Waals surface area (Å²) >= 11 is 0. The minimum atomic E-state index is -2.23. The van der Waals surface area contributed by atoms with Crippen molar-refractivity contribution in [2.45, 2.75) is 147 Å². The molecule has 0 spiro atoms.